The van der Waals surface area contributed by atoms with Crippen LogP contribution in [0.15, 0.2) is 12.1 Å². The second-order valence-corrected chi connectivity index (χ2v) is 3.77. The maximum Gasteiger partial charge on any atom is 0.291 e. The van der Waals surface area contributed by atoms with Gasteiger partial charge < -0.3 is 10.1 Å². The highest BCUT2D eigenvalue weighted by atomic mass is 35.5. The summed E-state index contributed by atoms with van der Waals surface area (Å²) in [6, 6.07) is 2.49. The minimum atomic E-state index is -3.10. The summed E-state index contributed by atoms with van der Waals surface area (Å²) >= 11 is 5.83. The lowest BCUT2D eigenvalue weighted by Gasteiger charge is -2.26. The number of hydrogen-bond acceptors (Lipinski definition) is 2. The van der Waals surface area contributed by atoms with Crippen molar-refractivity contribution >= 4 is 17.5 Å². The zero-order chi connectivity index (χ0) is 11.9. The van der Waals surface area contributed by atoms with E-state index in [0.717, 1.165) is 0 Å². The number of benzene rings is 1. The number of fused-ring (bicyclic) bond motifs is 1. The van der Waals surface area contributed by atoms with Crippen LogP contribution >= 0.6 is 11.6 Å². The molecule has 1 N–H and O–H groups in total. The predicted molar refractivity (Wildman–Crippen MR) is 54.2 cm³/mol. The van der Waals surface area contributed by atoms with Crippen molar-refractivity contribution in [2.75, 3.05) is 13.7 Å². The molecule has 0 radical (unpaired) electrons. The van der Waals surface area contributed by atoms with Gasteiger partial charge in [0.15, 0.2) is 0 Å². The molecule has 0 aromatic heterocycles. The van der Waals surface area contributed by atoms with Crippen LogP contribution in [0.5, 0.6) is 5.75 Å². The van der Waals surface area contributed by atoms with Gasteiger partial charge in [-0.2, -0.15) is 8.78 Å². The number of ether oxygens (including phenoxy) is 1. The third-order valence-electron chi connectivity index (χ3n) is 2.42. The molecular formula is C10H8ClF2NO2. The highest BCUT2D eigenvalue weighted by Gasteiger charge is 2.41. The van der Waals surface area contributed by atoms with E-state index < -0.39 is 18.4 Å². The summed E-state index contributed by atoms with van der Waals surface area (Å²) in [5.74, 6) is -3.50. The molecule has 0 spiro atoms. The normalized spacial score (nSPS) is 17.6. The van der Waals surface area contributed by atoms with Gasteiger partial charge in [0.1, 0.15) is 5.75 Å². The molecule has 1 amide bonds. The lowest BCUT2D eigenvalue weighted by Crippen LogP contribution is -2.42. The molecule has 1 aromatic carbocycles. The number of carbonyl (C=O) groups is 1. The van der Waals surface area contributed by atoms with Crippen molar-refractivity contribution < 1.29 is 18.3 Å². The predicted octanol–water partition coefficient (Wildman–Crippen LogP) is 2.18. The van der Waals surface area contributed by atoms with Gasteiger partial charge in [-0.15, -0.1) is 0 Å². The standard InChI is InChI=1S/C10H8ClF2NO2/c1-16-6-3-2-5-7(8(6)11)9(15)14-4-10(5,12)13/h2-3H,4H2,1H3,(H,14,15). The molecule has 0 aliphatic carbocycles. The average Bonchev–Trinajstić information content (AvgIpc) is 2.24. The molecule has 1 aliphatic heterocycles. The zero-order valence-electron chi connectivity index (χ0n) is 8.31. The molecule has 0 atom stereocenters. The Bertz CT molecular complexity index is 462. The number of rotatable bonds is 1. The van der Waals surface area contributed by atoms with E-state index in [9.17, 15) is 13.6 Å². The Morgan fingerprint density at radius 2 is 2.19 bits per heavy atom. The largest absolute Gasteiger partial charge is 0.495 e. The number of alkyl halides is 2. The van der Waals surface area contributed by atoms with Gasteiger partial charge in [-0.1, -0.05) is 11.6 Å². The highest BCUT2D eigenvalue weighted by Crippen LogP contribution is 2.40. The van der Waals surface area contributed by atoms with Gasteiger partial charge in [0.25, 0.3) is 11.8 Å². The van der Waals surface area contributed by atoms with Gasteiger partial charge in [0.2, 0.25) is 0 Å². The minimum Gasteiger partial charge on any atom is -0.495 e. The van der Waals surface area contributed by atoms with Gasteiger partial charge >= 0.3 is 0 Å². The maximum atomic E-state index is 13.5. The smallest absolute Gasteiger partial charge is 0.291 e. The number of halogens is 3. The summed E-state index contributed by atoms with van der Waals surface area (Å²) in [6.07, 6.45) is 0. The first-order valence-corrected chi connectivity index (χ1v) is 4.88. The molecule has 2 rings (SSSR count). The van der Waals surface area contributed by atoms with E-state index in [4.69, 9.17) is 16.3 Å². The fraction of sp³-hybridized carbons (Fsp3) is 0.300. The molecule has 1 aromatic rings. The molecule has 1 aliphatic rings. The molecule has 86 valence electrons. The number of hydrogen-bond donors (Lipinski definition) is 1. The molecule has 0 saturated carbocycles. The molecule has 0 bridgehead atoms. The summed E-state index contributed by atoms with van der Waals surface area (Å²) < 4.78 is 31.8. The summed E-state index contributed by atoms with van der Waals surface area (Å²) in [5, 5.41) is 2.01. The van der Waals surface area contributed by atoms with E-state index in [1.54, 1.807) is 0 Å². The van der Waals surface area contributed by atoms with Crippen LogP contribution in [0.3, 0.4) is 0 Å². The Morgan fingerprint density at radius 3 is 2.81 bits per heavy atom. The first kappa shape index (κ1) is 11.1. The van der Waals surface area contributed by atoms with E-state index in [-0.39, 0.29) is 21.9 Å². The Labute approximate surface area is 95.3 Å². The second-order valence-electron chi connectivity index (χ2n) is 3.39. The van der Waals surface area contributed by atoms with Crippen molar-refractivity contribution in [3.8, 4) is 5.75 Å². The summed E-state index contributed by atoms with van der Waals surface area (Å²) in [4.78, 5) is 11.5. The van der Waals surface area contributed by atoms with Gasteiger partial charge in [-0.05, 0) is 12.1 Å². The van der Waals surface area contributed by atoms with Crippen LogP contribution in [0.1, 0.15) is 15.9 Å². The quantitative estimate of drug-likeness (QED) is 0.826. The monoisotopic (exact) mass is 247 g/mol. The molecule has 16 heavy (non-hydrogen) atoms. The second kappa shape index (κ2) is 3.59. The van der Waals surface area contributed by atoms with Gasteiger partial charge in [0.05, 0.1) is 24.2 Å². The summed E-state index contributed by atoms with van der Waals surface area (Å²) in [5.41, 5.74) is -0.570. The van der Waals surface area contributed by atoms with Crippen LogP contribution in [0.4, 0.5) is 8.78 Å². The lowest BCUT2D eigenvalue weighted by molar-refractivity contribution is -0.00841. The molecular weight excluding hydrogens is 240 g/mol. The average molecular weight is 248 g/mol. The maximum absolute atomic E-state index is 13.5. The van der Waals surface area contributed by atoms with Crippen LogP contribution in [0.2, 0.25) is 5.02 Å². The van der Waals surface area contributed by atoms with Crippen LogP contribution in [-0.4, -0.2) is 19.6 Å². The minimum absolute atomic E-state index is 0.0862. The van der Waals surface area contributed by atoms with E-state index in [0.29, 0.717) is 0 Å². The molecule has 0 unspecified atom stereocenters. The van der Waals surface area contributed by atoms with Gasteiger partial charge in [0, 0.05) is 5.56 Å². The highest BCUT2D eigenvalue weighted by molar-refractivity contribution is 6.35. The Morgan fingerprint density at radius 1 is 1.50 bits per heavy atom. The number of carbonyl (C=O) groups excluding carboxylic acids is 1. The lowest BCUT2D eigenvalue weighted by atomic mass is 9.97. The van der Waals surface area contributed by atoms with Crippen LogP contribution in [-0.2, 0) is 5.92 Å². The third kappa shape index (κ3) is 1.51. The van der Waals surface area contributed by atoms with E-state index >= 15 is 0 Å². The molecule has 6 heteroatoms. The fourth-order valence-corrected chi connectivity index (χ4v) is 1.94. The van der Waals surface area contributed by atoms with Crippen molar-refractivity contribution in [1.29, 1.82) is 0 Å². The number of methoxy groups -OCH3 is 1. The first-order valence-electron chi connectivity index (χ1n) is 4.50. The fourth-order valence-electron chi connectivity index (χ4n) is 1.62. The van der Waals surface area contributed by atoms with E-state index in [2.05, 4.69) is 5.32 Å². The topological polar surface area (TPSA) is 38.3 Å². The van der Waals surface area contributed by atoms with Crippen molar-refractivity contribution in [1.82, 2.24) is 5.32 Å². The third-order valence-corrected chi connectivity index (χ3v) is 2.79. The van der Waals surface area contributed by atoms with E-state index in [1.165, 1.54) is 19.2 Å². The Hall–Kier alpha value is -1.36. The molecule has 3 nitrogen and oxygen atoms in total. The SMILES string of the molecule is COc1ccc2c(c1Cl)C(=O)NCC2(F)F. The number of amides is 1. The van der Waals surface area contributed by atoms with E-state index in [1.807, 2.05) is 0 Å². The number of nitrogens with one attached hydrogen (secondary N) is 1. The molecule has 0 saturated heterocycles. The Kier molecular flexibility index (Phi) is 2.50. The summed E-state index contributed by atoms with van der Waals surface area (Å²) in [6.45, 7) is -0.707. The van der Waals surface area contributed by atoms with Crippen molar-refractivity contribution in [2.24, 2.45) is 0 Å². The van der Waals surface area contributed by atoms with Gasteiger partial charge in [-0.25, -0.2) is 0 Å². The zero-order valence-corrected chi connectivity index (χ0v) is 9.07. The van der Waals surface area contributed by atoms with Crippen molar-refractivity contribution in [3.63, 3.8) is 0 Å². The van der Waals surface area contributed by atoms with Crippen molar-refractivity contribution in [3.05, 3.63) is 28.3 Å². The van der Waals surface area contributed by atoms with Crippen LogP contribution in [0, 0.1) is 0 Å². The van der Waals surface area contributed by atoms with Gasteiger partial charge in [-0.3, -0.25) is 4.79 Å². The first-order chi connectivity index (χ1) is 7.47. The molecule has 1 heterocycles. The summed E-state index contributed by atoms with van der Waals surface area (Å²) in [7, 11) is 1.35. The molecule has 0 fully saturated rings. The van der Waals surface area contributed by atoms with Crippen molar-refractivity contribution in [2.45, 2.75) is 5.92 Å². The van der Waals surface area contributed by atoms with Crippen LogP contribution < -0.4 is 10.1 Å². The Balaban J connectivity index is 2.69. The van der Waals surface area contributed by atoms with Crippen LogP contribution in [0.25, 0.3) is 0 Å².